The number of carbonyl (C=O) groups excluding carboxylic acids is 1. The summed E-state index contributed by atoms with van der Waals surface area (Å²) < 4.78 is 11.6. The van der Waals surface area contributed by atoms with E-state index in [0.29, 0.717) is 24.4 Å². The van der Waals surface area contributed by atoms with Crippen LogP contribution in [0.1, 0.15) is 63.4 Å². The Morgan fingerprint density at radius 1 is 1.10 bits per heavy atom. The van der Waals surface area contributed by atoms with E-state index in [0.717, 1.165) is 42.7 Å². The molecule has 1 amide bonds. The average Bonchev–Trinajstić information content (AvgIpc) is 3.19. The molecule has 2 atom stereocenters. The van der Waals surface area contributed by atoms with Gasteiger partial charge in [0.15, 0.2) is 0 Å². The normalized spacial score (nSPS) is 29.0. The number of nitrogens with one attached hydrogen (secondary N) is 1. The van der Waals surface area contributed by atoms with Gasteiger partial charge in [0.1, 0.15) is 11.5 Å². The van der Waals surface area contributed by atoms with Gasteiger partial charge in [-0.1, -0.05) is 6.42 Å². The highest BCUT2D eigenvalue weighted by Gasteiger charge is 2.40. The number of amides is 1. The van der Waals surface area contributed by atoms with Crippen molar-refractivity contribution in [1.82, 2.24) is 5.32 Å². The molecule has 0 aliphatic heterocycles. The Hall–Kier alpha value is -1.46. The van der Waals surface area contributed by atoms with Gasteiger partial charge in [-0.25, -0.2) is 0 Å². The van der Waals surface area contributed by atoms with Crippen LogP contribution in [-0.4, -0.2) is 25.2 Å². The van der Waals surface area contributed by atoms with Crippen LogP contribution in [0.5, 0.6) is 11.5 Å². The van der Waals surface area contributed by atoms with E-state index in [2.05, 4.69) is 5.32 Å². The highest BCUT2D eigenvalue weighted by Crippen LogP contribution is 2.42. The van der Waals surface area contributed by atoms with Crippen LogP contribution >= 0.6 is 12.4 Å². The summed E-state index contributed by atoms with van der Waals surface area (Å²) in [5, 5.41) is 3.18. The first kappa shape index (κ1) is 22.2. The molecule has 0 spiro atoms. The number of rotatable bonds is 6. The van der Waals surface area contributed by atoms with Crippen molar-refractivity contribution >= 4 is 18.3 Å². The molecule has 0 aromatic heterocycles. The van der Waals surface area contributed by atoms with E-state index < -0.39 is 0 Å². The lowest BCUT2D eigenvalue weighted by atomic mass is 9.65. The lowest BCUT2D eigenvalue weighted by molar-refractivity contribution is -0.128. The summed E-state index contributed by atoms with van der Waals surface area (Å²) in [5.74, 6) is 2.95. The molecule has 4 rings (SSSR count). The Bertz CT molecular complexity index is 679. The Morgan fingerprint density at radius 3 is 2.45 bits per heavy atom. The highest BCUT2D eigenvalue weighted by molar-refractivity contribution is 5.85. The molecule has 2 unspecified atom stereocenters. The maximum Gasteiger partial charge on any atom is 0.223 e. The lowest BCUT2D eigenvalue weighted by Crippen LogP contribution is -2.49. The average molecular weight is 423 g/mol. The largest absolute Gasteiger partial charge is 0.497 e. The molecule has 6 heteroatoms. The zero-order valence-electron chi connectivity index (χ0n) is 17.4. The topological polar surface area (TPSA) is 73.6 Å². The van der Waals surface area contributed by atoms with Crippen molar-refractivity contribution in [2.24, 2.45) is 23.5 Å². The van der Waals surface area contributed by atoms with Gasteiger partial charge in [-0.15, -0.1) is 12.4 Å². The molecule has 0 saturated heterocycles. The molecule has 3 fully saturated rings. The number of hydrogen-bond donors (Lipinski definition) is 2. The van der Waals surface area contributed by atoms with Gasteiger partial charge in [0.25, 0.3) is 0 Å². The third kappa shape index (κ3) is 5.18. The molecule has 29 heavy (non-hydrogen) atoms. The Kier molecular flexibility index (Phi) is 7.69. The highest BCUT2D eigenvalue weighted by atomic mass is 35.5. The SMILES string of the molecule is COc1ccc(CNC(=O)C2CC3CCCC(C2)C3N)c(OC2CCCC2)c1.Cl. The van der Waals surface area contributed by atoms with Gasteiger partial charge in [0.2, 0.25) is 5.91 Å². The van der Waals surface area contributed by atoms with Gasteiger partial charge in [-0.05, 0) is 75.3 Å². The maximum atomic E-state index is 12.9. The van der Waals surface area contributed by atoms with Crippen LogP contribution in [0.15, 0.2) is 18.2 Å². The molecular weight excluding hydrogens is 388 g/mol. The predicted molar refractivity (Wildman–Crippen MR) is 117 cm³/mol. The molecule has 1 aromatic carbocycles. The minimum atomic E-state index is 0. The Labute approximate surface area is 180 Å². The van der Waals surface area contributed by atoms with Gasteiger partial charge in [0.05, 0.1) is 13.2 Å². The number of methoxy groups -OCH3 is 1. The summed E-state index contributed by atoms with van der Waals surface area (Å²) in [6.07, 6.45) is 10.5. The molecule has 3 saturated carbocycles. The van der Waals surface area contributed by atoms with E-state index in [4.69, 9.17) is 15.2 Å². The van der Waals surface area contributed by atoms with Crippen molar-refractivity contribution in [3.63, 3.8) is 0 Å². The minimum Gasteiger partial charge on any atom is -0.497 e. The summed E-state index contributed by atoms with van der Waals surface area (Å²) in [7, 11) is 1.67. The van der Waals surface area contributed by atoms with Crippen molar-refractivity contribution in [3.8, 4) is 11.5 Å². The van der Waals surface area contributed by atoms with Crippen molar-refractivity contribution in [2.75, 3.05) is 7.11 Å². The molecule has 3 aliphatic carbocycles. The quantitative estimate of drug-likeness (QED) is 0.720. The molecular formula is C23H35ClN2O3. The minimum absolute atomic E-state index is 0. The van der Waals surface area contributed by atoms with E-state index in [-0.39, 0.29) is 30.3 Å². The summed E-state index contributed by atoms with van der Waals surface area (Å²) >= 11 is 0. The van der Waals surface area contributed by atoms with Gasteiger partial charge in [0, 0.05) is 30.1 Å². The molecule has 1 aromatic rings. The second kappa shape index (κ2) is 10.0. The Balaban J connectivity index is 0.00000240. The van der Waals surface area contributed by atoms with Crippen LogP contribution in [0.25, 0.3) is 0 Å². The van der Waals surface area contributed by atoms with E-state index in [1.165, 1.54) is 32.1 Å². The van der Waals surface area contributed by atoms with Crippen LogP contribution in [0.4, 0.5) is 0 Å². The first-order chi connectivity index (χ1) is 13.6. The fourth-order valence-electron chi connectivity index (χ4n) is 5.43. The summed E-state index contributed by atoms with van der Waals surface area (Å²) in [4.78, 5) is 12.9. The van der Waals surface area contributed by atoms with E-state index >= 15 is 0 Å². The van der Waals surface area contributed by atoms with Gasteiger partial charge < -0.3 is 20.5 Å². The summed E-state index contributed by atoms with van der Waals surface area (Å²) in [6, 6.07) is 6.19. The van der Waals surface area contributed by atoms with E-state index in [1.807, 2.05) is 18.2 Å². The van der Waals surface area contributed by atoms with Crippen LogP contribution in [0, 0.1) is 17.8 Å². The van der Waals surface area contributed by atoms with Crippen molar-refractivity contribution in [2.45, 2.75) is 76.5 Å². The van der Waals surface area contributed by atoms with Crippen LogP contribution in [-0.2, 0) is 11.3 Å². The monoisotopic (exact) mass is 422 g/mol. The summed E-state index contributed by atoms with van der Waals surface area (Å²) in [5.41, 5.74) is 7.40. The maximum absolute atomic E-state index is 12.9. The standard InChI is InChI=1S/C23H34N2O3.ClH/c1-27-20-10-9-17(21(13-20)28-19-7-2-3-8-19)14-25-23(26)18-11-15-5-4-6-16(12-18)22(15)24;/h9-10,13,15-16,18-19,22H,2-8,11-12,14,24H2,1H3,(H,25,26);1H. The Morgan fingerprint density at radius 2 is 1.79 bits per heavy atom. The molecule has 2 bridgehead atoms. The molecule has 3 aliphatic rings. The molecule has 3 N–H and O–H groups in total. The zero-order valence-corrected chi connectivity index (χ0v) is 18.2. The van der Waals surface area contributed by atoms with E-state index in [1.54, 1.807) is 7.11 Å². The number of ether oxygens (including phenoxy) is 2. The van der Waals surface area contributed by atoms with Gasteiger partial charge in [-0.2, -0.15) is 0 Å². The zero-order chi connectivity index (χ0) is 19.5. The second-order valence-corrected chi connectivity index (χ2v) is 8.91. The molecule has 0 heterocycles. The molecule has 5 nitrogen and oxygen atoms in total. The first-order valence-electron chi connectivity index (χ1n) is 11.0. The smallest absolute Gasteiger partial charge is 0.223 e. The summed E-state index contributed by atoms with van der Waals surface area (Å²) in [6.45, 7) is 0.503. The fourth-order valence-corrected chi connectivity index (χ4v) is 5.43. The first-order valence-corrected chi connectivity index (χ1v) is 11.0. The molecule has 0 radical (unpaired) electrons. The van der Waals surface area contributed by atoms with Crippen molar-refractivity contribution in [3.05, 3.63) is 23.8 Å². The van der Waals surface area contributed by atoms with Crippen LogP contribution in [0.3, 0.4) is 0 Å². The number of nitrogens with two attached hydrogens (primary N) is 1. The fraction of sp³-hybridized carbons (Fsp3) is 0.696. The second-order valence-electron chi connectivity index (χ2n) is 8.91. The lowest BCUT2D eigenvalue weighted by Gasteiger charge is -2.43. The number of halogens is 1. The predicted octanol–water partition coefficient (Wildman–Crippen LogP) is 4.21. The van der Waals surface area contributed by atoms with Crippen LogP contribution in [0.2, 0.25) is 0 Å². The number of carbonyl (C=O) groups is 1. The van der Waals surface area contributed by atoms with E-state index in [9.17, 15) is 4.79 Å². The number of hydrogen-bond acceptors (Lipinski definition) is 4. The third-order valence-corrected chi connectivity index (χ3v) is 7.11. The number of benzene rings is 1. The van der Waals surface area contributed by atoms with Gasteiger partial charge >= 0.3 is 0 Å². The van der Waals surface area contributed by atoms with Crippen LogP contribution < -0.4 is 20.5 Å². The number of fused-ring (bicyclic) bond motifs is 2. The van der Waals surface area contributed by atoms with Gasteiger partial charge in [-0.3, -0.25) is 4.79 Å². The molecule has 162 valence electrons. The van der Waals surface area contributed by atoms with Crippen molar-refractivity contribution < 1.29 is 14.3 Å². The third-order valence-electron chi connectivity index (χ3n) is 7.11. The van der Waals surface area contributed by atoms with Crippen molar-refractivity contribution in [1.29, 1.82) is 0 Å².